The van der Waals surface area contributed by atoms with Crippen LogP contribution in [0.15, 0.2) is 0 Å². The van der Waals surface area contributed by atoms with E-state index in [1.165, 1.54) is 0 Å². The zero-order valence-electron chi connectivity index (χ0n) is 9.79. The van der Waals surface area contributed by atoms with Crippen LogP contribution in [0.4, 0.5) is 4.79 Å². The highest BCUT2D eigenvalue weighted by Crippen LogP contribution is 2.06. The monoisotopic (exact) mass is 232 g/mol. The molecule has 88 valence electrons. The molecule has 1 unspecified atom stereocenters. The number of carbonyl (C=O) groups is 1. The van der Waals surface area contributed by atoms with Crippen LogP contribution in [0.1, 0.15) is 40.5 Å². The van der Waals surface area contributed by atoms with E-state index in [9.17, 15) is 4.79 Å². The van der Waals surface area contributed by atoms with Crippen molar-refractivity contribution < 1.29 is 9.53 Å². The average molecular weight is 232 g/mol. The molecule has 0 aromatic heterocycles. The Morgan fingerprint density at radius 3 is 2.47 bits per heavy atom. The van der Waals surface area contributed by atoms with Gasteiger partial charge in [-0.05, 0) is 27.2 Å². The Morgan fingerprint density at radius 1 is 1.53 bits per heavy atom. The Morgan fingerprint density at radius 2 is 2.07 bits per heavy atom. The molecule has 0 saturated carbocycles. The number of amides is 1. The Labute approximate surface area is 96.5 Å². The van der Waals surface area contributed by atoms with E-state index < -0.39 is 11.7 Å². The maximum Gasteiger partial charge on any atom is 0.412 e. The van der Waals surface area contributed by atoms with Crippen LogP contribution < -0.4 is 11.1 Å². The highest BCUT2D eigenvalue weighted by atomic mass is 32.1. The van der Waals surface area contributed by atoms with Gasteiger partial charge in [0.25, 0.3) is 0 Å². The molecule has 15 heavy (non-hydrogen) atoms. The van der Waals surface area contributed by atoms with E-state index in [4.69, 9.17) is 22.7 Å². The molecule has 0 aromatic carbocycles. The quantitative estimate of drug-likeness (QED) is 0.730. The van der Waals surface area contributed by atoms with Crippen LogP contribution >= 0.6 is 12.2 Å². The first-order valence-electron chi connectivity index (χ1n) is 5.05. The van der Waals surface area contributed by atoms with Crippen molar-refractivity contribution in [3.63, 3.8) is 0 Å². The van der Waals surface area contributed by atoms with Gasteiger partial charge >= 0.3 is 6.09 Å². The molecule has 0 aliphatic heterocycles. The van der Waals surface area contributed by atoms with Gasteiger partial charge in [-0.15, -0.1) is 0 Å². The summed E-state index contributed by atoms with van der Waals surface area (Å²) in [5, 5.41) is 2.47. The van der Waals surface area contributed by atoms with Crippen LogP contribution in [0.25, 0.3) is 0 Å². The molecule has 0 rings (SSSR count). The summed E-state index contributed by atoms with van der Waals surface area (Å²) < 4.78 is 5.04. The molecule has 0 aromatic rings. The summed E-state index contributed by atoms with van der Waals surface area (Å²) in [5.74, 6) is 0. The lowest BCUT2D eigenvalue weighted by atomic mass is 10.2. The molecule has 0 bridgehead atoms. The van der Waals surface area contributed by atoms with Gasteiger partial charge in [0.15, 0.2) is 0 Å². The predicted molar refractivity (Wildman–Crippen MR) is 64.9 cm³/mol. The van der Waals surface area contributed by atoms with Crippen LogP contribution in [0.3, 0.4) is 0 Å². The number of ether oxygens (including phenoxy) is 1. The second kappa shape index (κ2) is 6.02. The zero-order chi connectivity index (χ0) is 12.1. The number of hydrogen-bond donors (Lipinski definition) is 2. The molecule has 0 heterocycles. The van der Waals surface area contributed by atoms with E-state index in [0.717, 1.165) is 12.8 Å². The molecule has 0 radical (unpaired) electrons. The average Bonchev–Trinajstić information content (AvgIpc) is 2.00. The van der Waals surface area contributed by atoms with E-state index in [-0.39, 0.29) is 6.04 Å². The first kappa shape index (κ1) is 14.3. The van der Waals surface area contributed by atoms with Crippen molar-refractivity contribution >= 4 is 23.3 Å². The molecular weight excluding hydrogens is 212 g/mol. The summed E-state index contributed by atoms with van der Waals surface area (Å²) in [6.45, 7) is 7.39. The van der Waals surface area contributed by atoms with Crippen LogP contribution in [-0.4, -0.2) is 22.7 Å². The number of nitrogens with two attached hydrogens (primary N) is 1. The Balaban J connectivity index is 4.02. The van der Waals surface area contributed by atoms with E-state index in [1.54, 1.807) is 20.8 Å². The van der Waals surface area contributed by atoms with Crippen LogP contribution in [0, 0.1) is 0 Å². The van der Waals surface area contributed by atoms with E-state index in [0.29, 0.717) is 4.99 Å². The standard InChI is InChI=1S/C10H20N2O2S/c1-5-6-7(11)8(15)12-9(13)14-10(2,3)4/h7H,5-6,11H2,1-4H3,(H,12,13,15). The van der Waals surface area contributed by atoms with Crippen molar-refractivity contribution in [3.05, 3.63) is 0 Å². The fraction of sp³-hybridized carbons (Fsp3) is 0.800. The van der Waals surface area contributed by atoms with Gasteiger partial charge in [-0.25, -0.2) is 4.79 Å². The normalized spacial score (nSPS) is 13.1. The minimum atomic E-state index is -0.543. The number of rotatable bonds is 3. The second-order valence-corrected chi connectivity index (χ2v) is 4.83. The van der Waals surface area contributed by atoms with Gasteiger partial charge < -0.3 is 10.5 Å². The molecule has 1 atom stereocenters. The first-order valence-corrected chi connectivity index (χ1v) is 5.46. The first-order chi connectivity index (χ1) is 6.76. The summed E-state index contributed by atoms with van der Waals surface area (Å²) >= 11 is 4.97. The van der Waals surface area contributed by atoms with Crippen molar-refractivity contribution in [2.45, 2.75) is 52.2 Å². The summed E-state index contributed by atoms with van der Waals surface area (Å²) in [7, 11) is 0. The van der Waals surface area contributed by atoms with Crippen molar-refractivity contribution in [3.8, 4) is 0 Å². The minimum absolute atomic E-state index is 0.280. The molecule has 0 fully saturated rings. The maximum absolute atomic E-state index is 11.3. The topological polar surface area (TPSA) is 64.3 Å². The van der Waals surface area contributed by atoms with Gasteiger partial charge in [0.05, 0.1) is 6.04 Å². The number of alkyl carbamates (subject to hydrolysis) is 1. The molecule has 0 aliphatic rings. The molecule has 0 spiro atoms. The zero-order valence-corrected chi connectivity index (χ0v) is 10.6. The van der Waals surface area contributed by atoms with Crippen molar-refractivity contribution in [2.75, 3.05) is 0 Å². The molecule has 4 nitrogen and oxygen atoms in total. The summed E-state index contributed by atoms with van der Waals surface area (Å²) in [6.07, 6.45) is 1.14. The molecule has 0 aliphatic carbocycles. The number of hydrogen-bond acceptors (Lipinski definition) is 4. The van der Waals surface area contributed by atoms with Crippen molar-refractivity contribution in [1.82, 2.24) is 5.32 Å². The van der Waals surface area contributed by atoms with E-state index in [1.807, 2.05) is 6.92 Å². The van der Waals surface area contributed by atoms with Crippen LogP contribution in [-0.2, 0) is 4.74 Å². The summed E-state index contributed by atoms with van der Waals surface area (Å²) in [5.41, 5.74) is 5.21. The highest BCUT2D eigenvalue weighted by Gasteiger charge is 2.18. The molecule has 1 amide bonds. The number of carbonyl (C=O) groups excluding carboxylic acids is 1. The van der Waals surface area contributed by atoms with Gasteiger partial charge in [-0.2, -0.15) is 0 Å². The van der Waals surface area contributed by atoms with Gasteiger partial charge in [-0.3, -0.25) is 5.32 Å². The smallest absolute Gasteiger partial charge is 0.412 e. The Kier molecular flexibility index (Phi) is 5.75. The molecular formula is C10H20N2O2S. The Hall–Kier alpha value is -0.680. The maximum atomic E-state index is 11.3. The fourth-order valence-electron chi connectivity index (χ4n) is 0.939. The third-order valence-corrected chi connectivity index (χ3v) is 1.97. The van der Waals surface area contributed by atoms with Crippen molar-refractivity contribution in [2.24, 2.45) is 5.73 Å². The van der Waals surface area contributed by atoms with Gasteiger partial charge in [0.1, 0.15) is 10.6 Å². The third kappa shape index (κ3) is 7.27. The minimum Gasteiger partial charge on any atom is -0.444 e. The van der Waals surface area contributed by atoms with Gasteiger partial charge in [0, 0.05) is 0 Å². The molecule has 0 saturated heterocycles. The lowest BCUT2D eigenvalue weighted by Gasteiger charge is -2.21. The van der Waals surface area contributed by atoms with Crippen molar-refractivity contribution in [1.29, 1.82) is 0 Å². The predicted octanol–water partition coefficient (Wildman–Crippen LogP) is 1.97. The number of thiocarbonyl (C=S) groups is 1. The number of nitrogens with one attached hydrogen (secondary N) is 1. The van der Waals surface area contributed by atoms with Crippen LogP contribution in [0.5, 0.6) is 0 Å². The SMILES string of the molecule is CCCC(N)C(=S)NC(=O)OC(C)(C)C. The van der Waals surface area contributed by atoms with Gasteiger partial charge in [-0.1, -0.05) is 25.6 Å². The van der Waals surface area contributed by atoms with E-state index >= 15 is 0 Å². The van der Waals surface area contributed by atoms with Crippen LogP contribution in [0.2, 0.25) is 0 Å². The second-order valence-electron chi connectivity index (χ2n) is 4.39. The highest BCUT2D eigenvalue weighted by molar-refractivity contribution is 7.80. The fourth-order valence-corrected chi connectivity index (χ4v) is 1.14. The summed E-state index contributed by atoms with van der Waals surface area (Å²) in [6, 6.07) is -0.280. The van der Waals surface area contributed by atoms with E-state index in [2.05, 4.69) is 5.32 Å². The molecule has 5 heteroatoms. The lowest BCUT2D eigenvalue weighted by Crippen LogP contribution is -2.44. The Bertz CT molecular complexity index is 236. The largest absolute Gasteiger partial charge is 0.444 e. The van der Waals surface area contributed by atoms with Gasteiger partial charge in [0.2, 0.25) is 0 Å². The third-order valence-electron chi connectivity index (χ3n) is 1.56. The molecule has 3 N–H and O–H groups in total. The summed E-state index contributed by atoms with van der Waals surface area (Å²) in [4.78, 5) is 11.6. The lowest BCUT2D eigenvalue weighted by molar-refractivity contribution is 0.0562.